The van der Waals surface area contributed by atoms with Gasteiger partial charge in [-0.2, -0.15) is 0 Å². The minimum Gasteiger partial charge on any atom is -0.497 e. The summed E-state index contributed by atoms with van der Waals surface area (Å²) in [4.78, 5) is 20.6. The first-order valence-electron chi connectivity index (χ1n) is 8.83. The number of methoxy groups -OCH3 is 1. The minimum absolute atomic E-state index is 0.178. The van der Waals surface area contributed by atoms with E-state index in [1.807, 2.05) is 53.2 Å². The standard InChI is InChI=1S/C20H23N5O2/c1-27-17-7-5-16(6-8-17)9-11-23-20(26)24-13-15-25-14-12-22-19(25)18-4-2-3-10-21-18/h2-8,10,12,14H,9,11,13,15H2,1H3,(H2,23,24,26). The topological polar surface area (TPSA) is 81.1 Å². The molecule has 0 spiro atoms. The SMILES string of the molecule is COc1ccc(CCNC(=O)NCCn2ccnc2-c2ccccn2)cc1. The predicted octanol–water partition coefficient (Wildman–Crippen LogP) is 2.50. The highest BCUT2D eigenvalue weighted by Crippen LogP contribution is 2.13. The Kier molecular flexibility index (Phi) is 6.40. The van der Waals surface area contributed by atoms with Gasteiger partial charge in [-0.3, -0.25) is 4.98 Å². The second-order valence-electron chi connectivity index (χ2n) is 5.94. The van der Waals surface area contributed by atoms with E-state index in [0.29, 0.717) is 19.6 Å². The second-order valence-corrected chi connectivity index (χ2v) is 5.94. The van der Waals surface area contributed by atoms with E-state index in [4.69, 9.17) is 4.74 Å². The molecule has 0 bridgehead atoms. The van der Waals surface area contributed by atoms with Crippen LogP contribution >= 0.6 is 0 Å². The van der Waals surface area contributed by atoms with Gasteiger partial charge in [-0.15, -0.1) is 0 Å². The quantitative estimate of drug-likeness (QED) is 0.643. The van der Waals surface area contributed by atoms with Crippen LogP contribution in [0.2, 0.25) is 0 Å². The molecule has 2 N–H and O–H groups in total. The maximum absolute atomic E-state index is 11.9. The molecule has 27 heavy (non-hydrogen) atoms. The Morgan fingerprint density at radius 2 is 1.85 bits per heavy atom. The van der Waals surface area contributed by atoms with Gasteiger partial charge < -0.3 is 19.9 Å². The Balaban J connectivity index is 1.39. The first-order chi connectivity index (χ1) is 13.3. The molecule has 0 atom stereocenters. The first-order valence-corrected chi connectivity index (χ1v) is 8.83. The Morgan fingerprint density at radius 3 is 2.59 bits per heavy atom. The normalized spacial score (nSPS) is 10.4. The van der Waals surface area contributed by atoms with Crippen LogP contribution in [0.5, 0.6) is 5.75 Å². The number of ether oxygens (including phenoxy) is 1. The van der Waals surface area contributed by atoms with Crippen LogP contribution < -0.4 is 15.4 Å². The van der Waals surface area contributed by atoms with Gasteiger partial charge in [0.2, 0.25) is 0 Å². The molecule has 7 heteroatoms. The van der Waals surface area contributed by atoms with E-state index in [0.717, 1.165) is 29.3 Å². The number of nitrogens with zero attached hydrogens (tertiary/aromatic N) is 3. The summed E-state index contributed by atoms with van der Waals surface area (Å²) in [5.74, 6) is 1.62. The number of imidazole rings is 1. The maximum Gasteiger partial charge on any atom is 0.314 e. The van der Waals surface area contributed by atoms with Crippen LogP contribution in [0.3, 0.4) is 0 Å². The zero-order chi connectivity index (χ0) is 18.9. The number of rotatable bonds is 8. The number of carbonyl (C=O) groups excluding carboxylic acids is 1. The average molecular weight is 365 g/mol. The molecule has 0 saturated carbocycles. The summed E-state index contributed by atoms with van der Waals surface area (Å²) < 4.78 is 7.11. The van der Waals surface area contributed by atoms with Gasteiger partial charge >= 0.3 is 6.03 Å². The number of aromatic nitrogens is 3. The molecule has 7 nitrogen and oxygen atoms in total. The number of hydrogen-bond donors (Lipinski definition) is 2. The summed E-state index contributed by atoms with van der Waals surface area (Å²) >= 11 is 0. The first kappa shape index (κ1) is 18.4. The third-order valence-electron chi connectivity index (χ3n) is 4.11. The molecule has 0 aliphatic carbocycles. The molecule has 0 saturated heterocycles. The van der Waals surface area contributed by atoms with Gasteiger partial charge in [0.1, 0.15) is 11.4 Å². The molecule has 0 unspecified atom stereocenters. The van der Waals surface area contributed by atoms with Crippen molar-refractivity contribution in [2.75, 3.05) is 20.2 Å². The highest BCUT2D eigenvalue weighted by Gasteiger charge is 2.07. The monoisotopic (exact) mass is 365 g/mol. The average Bonchev–Trinajstić information content (AvgIpc) is 3.18. The van der Waals surface area contributed by atoms with Crippen LogP contribution in [0.15, 0.2) is 61.1 Å². The Bertz CT molecular complexity index is 846. The van der Waals surface area contributed by atoms with Crippen molar-refractivity contribution in [3.05, 3.63) is 66.6 Å². The molecular formula is C20H23N5O2. The summed E-state index contributed by atoms with van der Waals surface area (Å²) in [6, 6.07) is 13.4. The number of carbonyl (C=O) groups is 1. The molecule has 0 radical (unpaired) electrons. The van der Waals surface area contributed by atoms with E-state index >= 15 is 0 Å². The highest BCUT2D eigenvalue weighted by molar-refractivity contribution is 5.73. The van der Waals surface area contributed by atoms with E-state index in [9.17, 15) is 4.79 Å². The highest BCUT2D eigenvalue weighted by atomic mass is 16.5. The van der Waals surface area contributed by atoms with E-state index in [1.165, 1.54) is 0 Å². The molecule has 0 aliphatic rings. The maximum atomic E-state index is 11.9. The molecule has 3 aromatic rings. The fourth-order valence-corrected chi connectivity index (χ4v) is 2.68. The van der Waals surface area contributed by atoms with Gasteiger partial charge in [0.05, 0.1) is 7.11 Å². The number of amides is 2. The van der Waals surface area contributed by atoms with E-state index < -0.39 is 0 Å². The summed E-state index contributed by atoms with van der Waals surface area (Å²) in [6.07, 6.45) is 6.12. The minimum atomic E-state index is -0.178. The van der Waals surface area contributed by atoms with Crippen molar-refractivity contribution in [2.45, 2.75) is 13.0 Å². The molecule has 2 aromatic heterocycles. The molecule has 1 aromatic carbocycles. The zero-order valence-electron chi connectivity index (χ0n) is 15.3. The van der Waals surface area contributed by atoms with Gasteiger partial charge in [-0.1, -0.05) is 18.2 Å². The number of benzene rings is 1. The van der Waals surface area contributed by atoms with Crippen LogP contribution in [0, 0.1) is 0 Å². The Labute approximate surface area is 158 Å². The van der Waals surface area contributed by atoms with Crippen molar-refractivity contribution in [2.24, 2.45) is 0 Å². The third-order valence-corrected chi connectivity index (χ3v) is 4.11. The predicted molar refractivity (Wildman–Crippen MR) is 104 cm³/mol. The molecule has 2 amide bonds. The van der Waals surface area contributed by atoms with E-state index in [-0.39, 0.29) is 6.03 Å². The van der Waals surface area contributed by atoms with Crippen LogP contribution in [-0.2, 0) is 13.0 Å². The Morgan fingerprint density at radius 1 is 1.04 bits per heavy atom. The summed E-state index contributed by atoms with van der Waals surface area (Å²) in [6.45, 7) is 1.70. The lowest BCUT2D eigenvalue weighted by atomic mass is 10.1. The third kappa shape index (κ3) is 5.31. The fourth-order valence-electron chi connectivity index (χ4n) is 2.68. The smallest absolute Gasteiger partial charge is 0.314 e. The van der Waals surface area contributed by atoms with Gasteiger partial charge in [-0.25, -0.2) is 9.78 Å². The number of hydrogen-bond acceptors (Lipinski definition) is 4. The lowest BCUT2D eigenvalue weighted by molar-refractivity contribution is 0.240. The Hall–Kier alpha value is -3.35. The molecule has 140 valence electrons. The van der Waals surface area contributed by atoms with Crippen LogP contribution in [0.25, 0.3) is 11.5 Å². The van der Waals surface area contributed by atoms with Crippen LogP contribution in [-0.4, -0.2) is 40.8 Å². The molecule has 3 rings (SSSR count). The van der Waals surface area contributed by atoms with Crippen molar-refractivity contribution in [3.8, 4) is 17.3 Å². The van der Waals surface area contributed by atoms with E-state index in [2.05, 4.69) is 20.6 Å². The summed E-state index contributed by atoms with van der Waals surface area (Å²) in [5.41, 5.74) is 1.96. The van der Waals surface area contributed by atoms with Crippen molar-refractivity contribution in [1.29, 1.82) is 0 Å². The van der Waals surface area contributed by atoms with Crippen molar-refractivity contribution >= 4 is 6.03 Å². The number of urea groups is 1. The second kappa shape index (κ2) is 9.38. The van der Waals surface area contributed by atoms with Gasteiger partial charge in [0.15, 0.2) is 5.82 Å². The number of pyridine rings is 1. The zero-order valence-corrected chi connectivity index (χ0v) is 15.3. The van der Waals surface area contributed by atoms with Crippen LogP contribution in [0.4, 0.5) is 4.79 Å². The lowest BCUT2D eigenvalue weighted by Gasteiger charge is -2.10. The number of nitrogens with one attached hydrogen (secondary N) is 2. The summed E-state index contributed by atoms with van der Waals surface area (Å²) in [5, 5.41) is 5.73. The van der Waals surface area contributed by atoms with E-state index in [1.54, 1.807) is 19.5 Å². The van der Waals surface area contributed by atoms with Crippen molar-refractivity contribution < 1.29 is 9.53 Å². The van der Waals surface area contributed by atoms with Crippen molar-refractivity contribution in [3.63, 3.8) is 0 Å². The van der Waals surface area contributed by atoms with Crippen molar-refractivity contribution in [1.82, 2.24) is 25.2 Å². The fraction of sp³-hybridized carbons (Fsp3) is 0.250. The molecule has 2 heterocycles. The summed E-state index contributed by atoms with van der Waals surface area (Å²) in [7, 11) is 1.64. The van der Waals surface area contributed by atoms with Crippen LogP contribution in [0.1, 0.15) is 5.56 Å². The van der Waals surface area contributed by atoms with Gasteiger partial charge in [0.25, 0.3) is 0 Å². The molecular weight excluding hydrogens is 342 g/mol. The largest absolute Gasteiger partial charge is 0.497 e. The van der Waals surface area contributed by atoms with Gasteiger partial charge in [0, 0.05) is 38.2 Å². The lowest BCUT2D eigenvalue weighted by Crippen LogP contribution is -2.38. The van der Waals surface area contributed by atoms with Gasteiger partial charge in [-0.05, 0) is 36.2 Å². The molecule has 0 fully saturated rings. The molecule has 0 aliphatic heterocycles.